The highest BCUT2D eigenvalue weighted by Crippen LogP contribution is 2.33. The van der Waals surface area contributed by atoms with Crippen molar-refractivity contribution in [3.8, 4) is 0 Å². The molecule has 144 valence electrons. The van der Waals surface area contributed by atoms with Gasteiger partial charge in [-0.25, -0.2) is 9.59 Å². The minimum Gasteiger partial charge on any atom is -0.300 e. The molecule has 0 atom stereocenters. The normalized spacial score (nSPS) is 12.1. The molecule has 0 unspecified atom stereocenters. The molecular weight excluding hydrogens is 312 g/mol. The summed E-state index contributed by atoms with van der Waals surface area (Å²) in [6, 6.07) is 0. The zero-order valence-electron chi connectivity index (χ0n) is 16.8. The fourth-order valence-electron chi connectivity index (χ4n) is 1.95. The fraction of sp³-hybridized carbons (Fsp3) is 0.889. The topological polar surface area (TPSA) is 82.1 Å². The molecule has 0 fully saturated rings. The van der Waals surface area contributed by atoms with Crippen molar-refractivity contribution >= 4 is 11.9 Å². The molecule has 0 bridgehead atoms. The average Bonchev–Trinajstić information content (AvgIpc) is 2.39. The summed E-state index contributed by atoms with van der Waals surface area (Å²) in [6.07, 6.45) is 2.63. The van der Waals surface area contributed by atoms with Crippen LogP contribution in [0.1, 0.15) is 81.6 Å². The first-order valence-corrected chi connectivity index (χ1v) is 8.37. The van der Waals surface area contributed by atoms with Crippen LogP contribution in [-0.4, -0.2) is 23.8 Å². The Hall–Kier alpha value is -1.14. The third-order valence-electron chi connectivity index (χ3n) is 2.94. The Labute approximate surface area is 146 Å². The predicted octanol–water partition coefficient (Wildman–Crippen LogP) is 4.77. The van der Waals surface area contributed by atoms with Crippen LogP contribution in [0.15, 0.2) is 0 Å². The lowest BCUT2D eigenvalue weighted by Gasteiger charge is -2.28. The first-order valence-electron chi connectivity index (χ1n) is 8.37. The lowest BCUT2D eigenvalue weighted by Crippen LogP contribution is -2.30. The maximum atomic E-state index is 11.1. The molecule has 0 aliphatic heterocycles. The number of carbonyl (C=O) groups is 2. The molecule has 1 N–H and O–H groups in total. The standard InChI is InChI=1S/2C9H18O3/c1-8(2,3)6-9(4,5)7(10)12-11;1-5-6-7-11-12-8(10)9(2,3)4/h11H,6H2,1-5H3;5-7H2,1-4H3. The SMILES string of the molecule is CC(C)(C)CC(C)(C)C(=O)OO.CCCCOOC(=O)C(C)(C)C. The maximum absolute atomic E-state index is 11.1. The fourth-order valence-corrected chi connectivity index (χ4v) is 1.95. The number of rotatable bonds is 6. The summed E-state index contributed by atoms with van der Waals surface area (Å²) in [7, 11) is 0. The van der Waals surface area contributed by atoms with Crippen LogP contribution >= 0.6 is 0 Å². The molecule has 0 aromatic heterocycles. The van der Waals surface area contributed by atoms with Gasteiger partial charge in [-0.05, 0) is 52.9 Å². The van der Waals surface area contributed by atoms with E-state index in [9.17, 15) is 9.59 Å². The van der Waals surface area contributed by atoms with E-state index >= 15 is 0 Å². The van der Waals surface area contributed by atoms with Crippen LogP contribution in [0.2, 0.25) is 0 Å². The van der Waals surface area contributed by atoms with E-state index in [4.69, 9.17) is 10.1 Å². The molecule has 0 aliphatic carbocycles. The van der Waals surface area contributed by atoms with E-state index in [1.807, 2.05) is 20.8 Å². The minimum atomic E-state index is -0.618. The van der Waals surface area contributed by atoms with Gasteiger partial charge in [0.1, 0.15) is 0 Å². The van der Waals surface area contributed by atoms with E-state index in [0.717, 1.165) is 12.8 Å². The van der Waals surface area contributed by atoms with Crippen LogP contribution in [0.25, 0.3) is 0 Å². The van der Waals surface area contributed by atoms with Crippen molar-refractivity contribution in [2.75, 3.05) is 6.61 Å². The molecule has 0 spiro atoms. The summed E-state index contributed by atoms with van der Waals surface area (Å²) in [5.74, 6) is -0.893. The van der Waals surface area contributed by atoms with Gasteiger partial charge in [0, 0.05) is 0 Å². The first-order chi connectivity index (χ1) is 10.7. The zero-order chi connectivity index (χ0) is 19.6. The summed E-state index contributed by atoms with van der Waals surface area (Å²) in [5.41, 5.74) is -1.04. The summed E-state index contributed by atoms with van der Waals surface area (Å²) < 4.78 is 0. The number of carbonyl (C=O) groups excluding carboxylic acids is 2. The molecule has 0 amide bonds. The highest BCUT2D eigenvalue weighted by atomic mass is 17.2. The maximum Gasteiger partial charge on any atom is 0.347 e. The van der Waals surface area contributed by atoms with Crippen molar-refractivity contribution in [1.82, 2.24) is 0 Å². The highest BCUT2D eigenvalue weighted by molar-refractivity contribution is 5.75. The quantitative estimate of drug-likeness (QED) is 0.423. The van der Waals surface area contributed by atoms with Gasteiger partial charge in [0.25, 0.3) is 0 Å². The molecule has 0 heterocycles. The van der Waals surface area contributed by atoms with Crippen LogP contribution in [0.5, 0.6) is 0 Å². The second-order valence-electron chi connectivity index (χ2n) is 8.80. The molecule has 24 heavy (non-hydrogen) atoms. The third kappa shape index (κ3) is 13.3. The second-order valence-corrected chi connectivity index (χ2v) is 8.80. The number of unbranched alkanes of at least 4 members (excludes halogenated alkanes) is 1. The van der Waals surface area contributed by atoms with Crippen LogP contribution in [0.3, 0.4) is 0 Å². The monoisotopic (exact) mass is 348 g/mol. The van der Waals surface area contributed by atoms with Crippen molar-refractivity contribution in [1.29, 1.82) is 0 Å². The van der Waals surface area contributed by atoms with Crippen molar-refractivity contribution in [3.05, 3.63) is 0 Å². The van der Waals surface area contributed by atoms with Crippen LogP contribution in [0.4, 0.5) is 0 Å². The van der Waals surface area contributed by atoms with Gasteiger partial charge in [-0.3, -0.25) is 4.89 Å². The van der Waals surface area contributed by atoms with Crippen LogP contribution in [-0.2, 0) is 24.3 Å². The Morgan fingerprint density at radius 2 is 1.42 bits per heavy atom. The zero-order valence-corrected chi connectivity index (χ0v) is 16.8. The molecular formula is C18H36O6. The minimum absolute atomic E-state index is 0.0533. The molecule has 6 heteroatoms. The van der Waals surface area contributed by atoms with E-state index in [-0.39, 0.29) is 11.4 Å². The Balaban J connectivity index is 0. The Morgan fingerprint density at radius 1 is 0.917 bits per heavy atom. The van der Waals surface area contributed by atoms with Crippen molar-refractivity contribution in [2.24, 2.45) is 16.2 Å². The summed E-state index contributed by atoms with van der Waals surface area (Å²) in [4.78, 5) is 35.1. The molecule has 0 aromatic rings. The van der Waals surface area contributed by atoms with E-state index in [1.165, 1.54) is 0 Å². The van der Waals surface area contributed by atoms with Gasteiger partial charge in [0.15, 0.2) is 0 Å². The van der Waals surface area contributed by atoms with Crippen molar-refractivity contribution < 1.29 is 29.5 Å². The smallest absolute Gasteiger partial charge is 0.300 e. The number of hydrogen-bond donors (Lipinski definition) is 1. The Kier molecular flexibility index (Phi) is 11.2. The summed E-state index contributed by atoms with van der Waals surface area (Å²) in [6.45, 7) is 17.6. The summed E-state index contributed by atoms with van der Waals surface area (Å²) in [5, 5.41) is 8.22. The number of hydrogen-bond acceptors (Lipinski definition) is 6. The van der Waals surface area contributed by atoms with E-state index in [0.29, 0.717) is 13.0 Å². The second kappa shape index (κ2) is 10.7. The van der Waals surface area contributed by atoms with Crippen LogP contribution in [0, 0.1) is 16.2 Å². The highest BCUT2D eigenvalue weighted by Gasteiger charge is 2.34. The largest absolute Gasteiger partial charge is 0.347 e. The molecule has 0 radical (unpaired) electrons. The Morgan fingerprint density at radius 3 is 1.75 bits per heavy atom. The molecule has 0 saturated heterocycles. The van der Waals surface area contributed by atoms with Gasteiger partial charge >= 0.3 is 11.9 Å². The lowest BCUT2D eigenvalue weighted by atomic mass is 9.76. The van der Waals surface area contributed by atoms with Gasteiger partial charge in [0.2, 0.25) is 0 Å². The van der Waals surface area contributed by atoms with Gasteiger partial charge in [0.05, 0.1) is 17.4 Å². The van der Waals surface area contributed by atoms with Gasteiger partial charge in [-0.2, -0.15) is 10.1 Å². The molecule has 0 aliphatic rings. The average molecular weight is 348 g/mol. The predicted molar refractivity (Wildman–Crippen MR) is 93.0 cm³/mol. The summed E-state index contributed by atoms with van der Waals surface area (Å²) >= 11 is 0. The molecule has 0 rings (SSSR count). The van der Waals surface area contributed by atoms with Gasteiger partial charge < -0.3 is 4.89 Å². The third-order valence-corrected chi connectivity index (χ3v) is 2.94. The van der Waals surface area contributed by atoms with Crippen molar-refractivity contribution in [2.45, 2.75) is 81.6 Å². The molecule has 6 nitrogen and oxygen atoms in total. The van der Waals surface area contributed by atoms with Crippen LogP contribution < -0.4 is 0 Å². The Bertz CT molecular complexity index is 374. The molecule has 0 saturated carbocycles. The van der Waals surface area contributed by atoms with Gasteiger partial charge in [-0.1, -0.05) is 34.1 Å². The first kappa shape index (κ1) is 25.1. The van der Waals surface area contributed by atoms with Gasteiger partial charge in [-0.15, -0.1) is 0 Å². The van der Waals surface area contributed by atoms with E-state index in [1.54, 1.807) is 34.6 Å². The molecule has 0 aromatic carbocycles. The lowest BCUT2D eigenvalue weighted by molar-refractivity contribution is -0.279. The van der Waals surface area contributed by atoms with Crippen molar-refractivity contribution in [3.63, 3.8) is 0 Å². The van der Waals surface area contributed by atoms with E-state index < -0.39 is 16.8 Å². The van der Waals surface area contributed by atoms with E-state index in [2.05, 4.69) is 16.7 Å².